The Kier molecular flexibility index (Phi) is 10.3. The number of imidazole rings is 1. The molecule has 21 heteroatoms. The van der Waals surface area contributed by atoms with Crippen molar-refractivity contribution in [2.45, 2.75) is 47.7 Å². The molecule has 1 saturated heterocycles. The molecule has 2 aliphatic rings. The molecule has 1 fully saturated rings. The van der Waals surface area contributed by atoms with Gasteiger partial charge in [0.2, 0.25) is 15.8 Å². The molecule has 1 aliphatic heterocycles. The highest BCUT2D eigenvalue weighted by molar-refractivity contribution is 7.97. The van der Waals surface area contributed by atoms with Gasteiger partial charge in [-0.3, -0.25) is 18.2 Å². The molecular formula is C16H26N6O12S3. The van der Waals surface area contributed by atoms with Crippen LogP contribution < -0.4 is 11.5 Å². The summed E-state index contributed by atoms with van der Waals surface area (Å²) >= 11 is 0. The molecule has 4 rings (SSSR count). The lowest BCUT2D eigenvalue weighted by atomic mass is 10.1. The highest BCUT2D eigenvalue weighted by atomic mass is 32.3. The second kappa shape index (κ2) is 12.2. The van der Waals surface area contributed by atoms with Crippen LogP contribution in [0.4, 0.5) is 5.82 Å². The van der Waals surface area contributed by atoms with Gasteiger partial charge in [0.15, 0.2) is 23.8 Å². The Morgan fingerprint density at radius 3 is 2.22 bits per heavy atom. The van der Waals surface area contributed by atoms with Crippen molar-refractivity contribution in [1.29, 1.82) is 0 Å². The SMILES string of the molecule is C[S+](C1C=CC(N)C1)C(O)[C@H]1O[C@@H](n2cnc3c(N)ncnc32)[C@H](O)[C@@H]1O.O=S(=O)(O)O.O=S(=O)([O-])O. The predicted molar refractivity (Wildman–Crippen MR) is 127 cm³/mol. The predicted octanol–water partition coefficient (Wildman–Crippen LogP) is -3.40. The first-order chi connectivity index (χ1) is 16.9. The van der Waals surface area contributed by atoms with Crippen LogP contribution in [-0.2, 0) is 36.4 Å². The normalized spacial score (nSPS) is 29.2. The Morgan fingerprint density at radius 2 is 1.70 bits per heavy atom. The maximum Gasteiger partial charge on any atom is 0.394 e. The number of aliphatic hydroxyl groups excluding tert-OH is 3. The largest absolute Gasteiger partial charge is 0.726 e. The maximum atomic E-state index is 10.8. The van der Waals surface area contributed by atoms with Crippen LogP contribution in [0.3, 0.4) is 0 Å². The molecule has 4 unspecified atom stereocenters. The second-order valence-electron chi connectivity index (χ2n) is 7.75. The summed E-state index contributed by atoms with van der Waals surface area (Å²) in [5.74, 6) is 0.211. The van der Waals surface area contributed by atoms with Gasteiger partial charge in [-0.15, -0.1) is 0 Å². The third kappa shape index (κ3) is 9.05. The van der Waals surface area contributed by atoms with Crippen molar-refractivity contribution in [3.8, 4) is 0 Å². The van der Waals surface area contributed by atoms with E-state index in [1.165, 1.54) is 17.2 Å². The number of nitrogens with zero attached hydrogens (tertiary/aromatic N) is 4. The van der Waals surface area contributed by atoms with Crippen molar-refractivity contribution >= 4 is 48.7 Å². The lowest BCUT2D eigenvalue weighted by Crippen LogP contribution is -2.45. The van der Waals surface area contributed by atoms with Crippen LogP contribution in [0.2, 0.25) is 0 Å². The molecular weight excluding hydrogens is 564 g/mol. The van der Waals surface area contributed by atoms with Crippen molar-refractivity contribution < 1.29 is 55.1 Å². The van der Waals surface area contributed by atoms with Gasteiger partial charge in [0.05, 0.1) is 6.33 Å². The lowest BCUT2D eigenvalue weighted by Gasteiger charge is -2.22. The number of hydrogen-bond donors (Lipinski definition) is 8. The highest BCUT2D eigenvalue weighted by Gasteiger charge is 2.53. The first-order valence-electron chi connectivity index (χ1n) is 9.96. The number of hydrogen-bond acceptors (Lipinski definition) is 14. The van der Waals surface area contributed by atoms with Gasteiger partial charge >= 0.3 is 10.4 Å². The zero-order chi connectivity index (χ0) is 28.3. The Morgan fingerprint density at radius 1 is 1.14 bits per heavy atom. The third-order valence-electron chi connectivity index (χ3n) is 5.15. The number of ether oxygens (including phenoxy) is 1. The second-order valence-corrected chi connectivity index (χ2v) is 11.8. The molecule has 8 atom stereocenters. The molecule has 18 nitrogen and oxygen atoms in total. The fourth-order valence-electron chi connectivity index (χ4n) is 3.57. The van der Waals surface area contributed by atoms with Crippen LogP contribution >= 0.6 is 0 Å². The van der Waals surface area contributed by atoms with E-state index in [9.17, 15) is 15.3 Å². The zero-order valence-corrected chi connectivity index (χ0v) is 21.3. The van der Waals surface area contributed by atoms with E-state index in [1.807, 2.05) is 18.4 Å². The number of anilines is 1. The first kappa shape index (κ1) is 31.2. The molecule has 3 heterocycles. The van der Waals surface area contributed by atoms with E-state index < -0.39 is 61.7 Å². The van der Waals surface area contributed by atoms with Gasteiger partial charge < -0.3 is 36.1 Å². The molecule has 1 aliphatic carbocycles. The summed E-state index contributed by atoms with van der Waals surface area (Å²) in [4.78, 5) is 12.2. The minimum absolute atomic E-state index is 0.0210. The van der Waals surface area contributed by atoms with Crippen molar-refractivity contribution in [3.63, 3.8) is 0 Å². The van der Waals surface area contributed by atoms with Gasteiger partial charge in [-0.05, 0) is 6.08 Å². The monoisotopic (exact) mass is 590 g/mol. The average Bonchev–Trinajstić information content (AvgIpc) is 3.44. The topological polar surface area (TPSA) is 318 Å². The van der Waals surface area contributed by atoms with E-state index in [0.29, 0.717) is 11.2 Å². The summed E-state index contributed by atoms with van der Waals surface area (Å²) in [5.41, 5.74) is 11.5. The van der Waals surface area contributed by atoms with Gasteiger partial charge in [0.25, 0.3) is 0 Å². The highest BCUT2D eigenvalue weighted by Crippen LogP contribution is 2.35. The molecule has 2 aromatic heterocycles. The van der Waals surface area contributed by atoms with E-state index in [2.05, 4.69) is 15.0 Å². The van der Waals surface area contributed by atoms with E-state index in [0.717, 1.165) is 6.42 Å². The summed E-state index contributed by atoms with van der Waals surface area (Å²) in [6.07, 6.45) is 4.89. The molecule has 0 spiro atoms. The molecule has 10 N–H and O–H groups in total. The molecule has 210 valence electrons. The average molecular weight is 591 g/mol. The smallest absolute Gasteiger partial charge is 0.394 e. The molecule has 0 radical (unpaired) electrons. The van der Waals surface area contributed by atoms with Gasteiger partial charge in [-0.25, -0.2) is 23.4 Å². The number of nitrogens with two attached hydrogens (primary N) is 2. The van der Waals surface area contributed by atoms with E-state index in [-0.39, 0.29) is 17.1 Å². The summed E-state index contributed by atoms with van der Waals surface area (Å²) < 4.78 is 71.8. The van der Waals surface area contributed by atoms with Gasteiger partial charge in [-0.2, -0.15) is 8.42 Å². The summed E-state index contributed by atoms with van der Waals surface area (Å²) in [7, 11) is -10.1. The van der Waals surface area contributed by atoms with Crippen molar-refractivity contribution in [2.24, 2.45) is 5.73 Å². The number of aliphatic hydroxyl groups is 3. The van der Waals surface area contributed by atoms with Gasteiger partial charge in [-0.1, -0.05) is 6.08 Å². The third-order valence-corrected chi connectivity index (χ3v) is 7.49. The van der Waals surface area contributed by atoms with E-state index in [1.54, 1.807) is 0 Å². The number of fused-ring (bicyclic) bond motifs is 1. The Labute approximate surface area is 213 Å². The lowest BCUT2D eigenvalue weighted by molar-refractivity contribution is -0.0602. The Balaban J connectivity index is 0.000000412. The van der Waals surface area contributed by atoms with Crippen LogP contribution in [0.5, 0.6) is 0 Å². The van der Waals surface area contributed by atoms with Crippen LogP contribution in [0.15, 0.2) is 24.8 Å². The number of aromatic nitrogens is 4. The van der Waals surface area contributed by atoms with Gasteiger partial charge in [0, 0.05) is 23.4 Å². The fourth-order valence-corrected chi connectivity index (χ4v) is 5.44. The maximum absolute atomic E-state index is 10.8. The first-order valence-corrected chi connectivity index (χ1v) is 14.5. The Bertz CT molecular complexity index is 1260. The zero-order valence-electron chi connectivity index (χ0n) is 18.9. The van der Waals surface area contributed by atoms with Crippen molar-refractivity contribution in [1.82, 2.24) is 19.5 Å². The van der Waals surface area contributed by atoms with Crippen molar-refractivity contribution in [3.05, 3.63) is 24.8 Å². The fraction of sp³-hybridized carbons (Fsp3) is 0.562. The molecule has 2 aromatic rings. The van der Waals surface area contributed by atoms with Crippen LogP contribution in [0, 0.1) is 0 Å². The minimum Gasteiger partial charge on any atom is -0.726 e. The quantitative estimate of drug-likeness (QED) is 0.0744. The summed E-state index contributed by atoms with van der Waals surface area (Å²) in [6, 6.07) is -0.0210. The Hall–Kier alpha value is -2.02. The van der Waals surface area contributed by atoms with E-state index in [4.69, 9.17) is 51.3 Å². The summed E-state index contributed by atoms with van der Waals surface area (Å²) in [5, 5.41) is 31.9. The van der Waals surface area contributed by atoms with Gasteiger partial charge in [0.1, 0.15) is 35.6 Å². The van der Waals surface area contributed by atoms with Crippen LogP contribution in [0.1, 0.15) is 12.6 Å². The molecule has 0 aromatic carbocycles. The van der Waals surface area contributed by atoms with Crippen LogP contribution in [-0.4, -0.2) is 111 Å². The van der Waals surface area contributed by atoms with Crippen molar-refractivity contribution in [2.75, 3.05) is 12.0 Å². The minimum atomic E-state index is -4.92. The molecule has 0 amide bonds. The molecule has 37 heavy (non-hydrogen) atoms. The van der Waals surface area contributed by atoms with E-state index >= 15 is 0 Å². The summed E-state index contributed by atoms with van der Waals surface area (Å²) in [6.45, 7) is 0. The van der Waals surface area contributed by atoms with Crippen LogP contribution in [0.25, 0.3) is 11.2 Å². The molecule has 0 bridgehead atoms. The standard InChI is InChI=1S/C16H23N6O4S.2H2O4S/c1-27(8-3-2-7(17)4-8)16(25)12-10(23)11(24)15(26-12)22-6-21-9-13(18)19-5-20-14(9)22;2*1-5(2,3)4/h2-3,5-8,10-12,15-16,23-25H,4,17H2,1H3,(H2,18,19,20);2*(H2,1,2,3,4)/q+1;;/p-1/t7?,8?,10-,11+,12-,15+,16?,27?;;/m0../s1. The molecule has 0 saturated carbocycles. The number of nitrogen functional groups attached to an aromatic ring is 1. The number of rotatable bonds is 4.